The van der Waals surface area contributed by atoms with Gasteiger partial charge in [0.25, 0.3) is 0 Å². The second-order valence-corrected chi connectivity index (χ2v) is 9.07. The third-order valence-electron chi connectivity index (χ3n) is 6.37. The Morgan fingerprint density at radius 1 is 1.24 bits per heavy atom. The largest absolute Gasteiger partial charge is 0.507 e. The summed E-state index contributed by atoms with van der Waals surface area (Å²) < 4.78 is 11.9. The van der Waals surface area contributed by atoms with E-state index in [4.69, 9.17) is 9.47 Å². The lowest BCUT2D eigenvalue weighted by Gasteiger charge is -2.40. The van der Waals surface area contributed by atoms with Gasteiger partial charge in [0.2, 0.25) is 5.79 Å². The van der Waals surface area contributed by atoms with Gasteiger partial charge >= 0.3 is 0 Å². The van der Waals surface area contributed by atoms with Crippen LogP contribution in [0.15, 0.2) is 29.4 Å². The number of hydrogen-bond donors (Lipinski definition) is 2. The van der Waals surface area contributed by atoms with Crippen molar-refractivity contribution in [2.75, 3.05) is 13.2 Å². The van der Waals surface area contributed by atoms with Crippen molar-refractivity contribution in [3.63, 3.8) is 0 Å². The smallest absolute Gasteiger partial charge is 0.206 e. The van der Waals surface area contributed by atoms with Crippen molar-refractivity contribution in [1.29, 1.82) is 0 Å². The van der Waals surface area contributed by atoms with Crippen LogP contribution in [0.5, 0.6) is 5.75 Å². The fourth-order valence-electron chi connectivity index (χ4n) is 5.09. The maximum absolute atomic E-state index is 13.6. The zero-order chi connectivity index (χ0) is 20.5. The average molecular weight is 461 g/mol. The number of aliphatic hydroxyl groups is 1. The number of fused-ring (bicyclic) bond motifs is 3. The fourth-order valence-corrected chi connectivity index (χ4v) is 6.03. The van der Waals surface area contributed by atoms with Crippen LogP contribution in [-0.4, -0.2) is 46.9 Å². The Hall–Kier alpha value is -1.80. The highest BCUT2D eigenvalue weighted by molar-refractivity contribution is 9.09. The molecule has 5 rings (SSSR count). The summed E-state index contributed by atoms with van der Waals surface area (Å²) in [4.78, 5) is 26.8. The second kappa shape index (κ2) is 6.60. The van der Waals surface area contributed by atoms with Crippen molar-refractivity contribution in [3.05, 3.63) is 51.6 Å². The van der Waals surface area contributed by atoms with Crippen LogP contribution in [0.1, 0.15) is 56.4 Å². The summed E-state index contributed by atoms with van der Waals surface area (Å²) in [5.74, 6) is -2.37. The molecule has 29 heavy (non-hydrogen) atoms. The van der Waals surface area contributed by atoms with E-state index in [0.29, 0.717) is 43.6 Å². The molecule has 152 valence electrons. The maximum atomic E-state index is 13.6. The van der Waals surface area contributed by atoms with Crippen LogP contribution in [0.25, 0.3) is 0 Å². The van der Waals surface area contributed by atoms with Gasteiger partial charge in [-0.05, 0) is 30.9 Å². The number of aromatic hydroxyl groups is 1. The molecule has 1 spiro atoms. The molecule has 1 aromatic carbocycles. The minimum atomic E-state index is -1.26. The monoisotopic (exact) mass is 460 g/mol. The number of benzene rings is 1. The summed E-state index contributed by atoms with van der Waals surface area (Å²) in [6.45, 7) is 2.68. The Balaban J connectivity index is 1.73. The van der Waals surface area contributed by atoms with E-state index in [0.717, 1.165) is 0 Å². The number of carbonyl (C=O) groups excluding carboxylic acids is 2. The van der Waals surface area contributed by atoms with Crippen LogP contribution in [0, 0.1) is 5.92 Å². The highest BCUT2D eigenvalue weighted by atomic mass is 79.9. The van der Waals surface area contributed by atoms with E-state index >= 15 is 0 Å². The predicted molar refractivity (Wildman–Crippen MR) is 107 cm³/mol. The number of ketones is 2. The van der Waals surface area contributed by atoms with Crippen molar-refractivity contribution in [2.24, 2.45) is 5.92 Å². The van der Waals surface area contributed by atoms with Gasteiger partial charge in [-0.25, -0.2) is 0 Å². The molecule has 1 aliphatic heterocycles. The van der Waals surface area contributed by atoms with Crippen LogP contribution in [0.3, 0.4) is 0 Å². The molecular weight excluding hydrogens is 440 g/mol. The Bertz CT molecular complexity index is 1000. The molecule has 0 radical (unpaired) electrons. The van der Waals surface area contributed by atoms with Crippen molar-refractivity contribution >= 4 is 27.5 Å². The van der Waals surface area contributed by atoms with Gasteiger partial charge in [-0.2, -0.15) is 0 Å². The van der Waals surface area contributed by atoms with Gasteiger partial charge in [0.05, 0.1) is 30.5 Å². The maximum Gasteiger partial charge on any atom is 0.206 e. The Labute approximate surface area is 176 Å². The van der Waals surface area contributed by atoms with Gasteiger partial charge in [-0.1, -0.05) is 35.0 Å². The topological polar surface area (TPSA) is 93.1 Å². The van der Waals surface area contributed by atoms with Crippen LogP contribution in [-0.2, 0) is 15.9 Å². The summed E-state index contributed by atoms with van der Waals surface area (Å²) in [6, 6.07) is 1.65. The van der Waals surface area contributed by atoms with Crippen molar-refractivity contribution < 1.29 is 29.3 Å². The van der Waals surface area contributed by atoms with E-state index in [-0.39, 0.29) is 44.6 Å². The Morgan fingerprint density at radius 2 is 1.97 bits per heavy atom. The number of rotatable bonds is 1. The second-order valence-electron chi connectivity index (χ2n) is 7.97. The van der Waals surface area contributed by atoms with E-state index in [1.165, 1.54) is 0 Å². The SMILES string of the molecule is CCC1C=CC2=C(C(=O)c3cc4c(c(O)c3C2=O)C(Br)CC(O)C4)C12OCCO2. The molecule has 3 unspecified atom stereocenters. The number of carbonyl (C=O) groups is 2. The average Bonchev–Trinajstić information content (AvgIpc) is 3.14. The lowest BCUT2D eigenvalue weighted by Crippen LogP contribution is -2.47. The lowest BCUT2D eigenvalue weighted by molar-refractivity contribution is -0.153. The van der Waals surface area contributed by atoms with Crippen molar-refractivity contribution in [3.8, 4) is 5.75 Å². The molecule has 1 aromatic rings. The number of allylic oxidation sites excluding steroid dienone is 2. The highest BCUT2D eigenvalue weighted by Gasteiger charge is 2.54. The molecule has 0 saturated carbocycles. The van der Waals surface area contributed by atoms with Crippen molar-refractivity contribution in [2.45, 2.75) is 42.9 Å². The van der Waals surface area contributed by atoms with Gasteiger partial charge in [0, 0.05) is 27.4 Å². The quantitative estimate of drug-likeness (QED) is 0.625. The molecule has 3 aliphatic carbocycles. The van der Waals surface area contributed by atoms with E-state index in [9.17, 15) is 19.8 Å². The van der Waals surface area contributed by atoms with E-state index in [1.807, 2.05) is 13.0 Å². The molecule has 1 heterocycles. The first kappa shape index (κ1) is 19.2. The minimum Gasteiger partial charge on any atom is -0.507 e. The first-order valence-electron chi connectivity index (χ1n) is 9.90. The zero-order valence-electron chi connectivity index (χ0n) is 15.9. The van der Waals surface area contributed by atoms with Crippen molar-refractivity contribution in [1.82, 2.24) is 0 Å². The van der Waals surface area contributed by atoms with E-state index in [2.05, 4.69) is 15.9 Å². The molecular formula is C22H21BrO6. The normalized spacial score (nSPS) is 29.8. The predicted octanol–water partition coefficient (Wildman–Crippen LogP) is 3.15. The number of phenols is 1. The third-order valence-corrected chi connectivity index (χ3v) is 7.21. The van der Waals surface area contributed by atoms with Gasteiger partial charge in [0.1, 0.15) is 5.75 Å². The number of hydrogen-bond acceptors (Lipinski definition) is 6. The summed E-state index contributed by atoms with van der Waals surface area (Å²) >= 11 is 3.49. The van der Waals surface area contributed by atoms with Gasteiger partial charge in [-0.15, -0.1) is 0 Å². The van der Waals surface area contributed by atoms with E-state index in [1.54, 1.807) is 12.1 Å². The summed E-state index contributed by atoms with van der Waals surface area (Å²) in [7, 11) is 0. The number of ether oxygens (including phenoxy) is 2. The Morgan fingerprint density at radius 3 is 2.66 bits per heavy atom. The standard InChI is InChI=1S/C22H21BrO6/c1-2-11-3-4-13-18(22(11)28-5-6-29-22)20(26)14-8-10-7-12(24)9-15(23)16(10)21(27)17(14)19(13)25/h3-4,8,11-12,15,24,27H,2,5-7,9H2,1H3. The number of Topliss-reactive ketones (excluding diaryl/α,β-unsaturated/α-hetero) is 2. The van der Waals surface area contributed by atoms with Gasteiger partial charge < -0.3 is 19.7 Å². The molecule has 2 N–H and O–H groups in total. The molecule has 3 atom stereocenters. The first-order valence-corrected chi connectivity index (χ1v) is 10.8. The minimum absolute atomic E-state index is 0.0288. The van der Waals surface area contributed by atoms with E-state index < -0.39 is 17.7 Å². The molecule has 0 amide bonds. The molecule has 0 bridgehead atoms. The molecule has 1 fully saturated rings. The molecule has 6 nitrogen and oxygen atoms in total. The summed E-state index contributed by atoms with van der Waals surface area (Å²) in [5.41, 5.74) is 1.89. The molecule has 1 saturated heterocycles. The number of halogens is 1. The number of phenolic OH excluding ortho intramolecular Hbond substituents is 1. The van der Waals surface area contributed by atoms with Gasteiger partial charge in [0.15, 0.2) is 11.6 Å². The third kappa shape index (κ3) is 2.51. The summed E-state index contributed by atoms with van der Waals surface area (Å²) in [6.07, 6.45) is 4.38. The molecule has 0 aromatic heterocycles. The van der Waals surface area contributed by atoms with Crippen LogP contribution >= 0.6 is 15.9 Å². The highest BCUT2D eigenvalue weighted by Crippen LogP contribution is 2.50. The first-order chi connectivity index (χ1) is 13.9. The van der Waals surface area contributed by atoms with Crippen LogP contribution in [0.2, 0.25) is 0 Å². The summed E-state index contributed by atoms with van der Waals surface area (Å²) in [5, 5.41) is 21.1. The Kier molecular flexibility index (Phi) is 4.37. The lowest BCUT2D eigenvalue weighted by atomic mass is 9.71. The fraction of sp³-hybridized carbons (Fsp3) is 0.455. The van der Waals surface area contributed by atoms with Crippen LogP contribution in [0.4, 0.5) is 0 Å². The van der Waals surface area contributed by atoms with Gasteiger partial charge in [-0.3, -0.25) is 9.59 Å². The molecule has 7 heteroatoms. The zero-order valence-corrected chi connectivity index (χ0v) is 17.5. The number of alkyl halides is 1. The molecule has 4 aliphatic rings. The van der Waals surface area contributed by atoms with Crippen LogP contribution < -0.4 is 0 Å². The number of aliphatic hydroxyl groups excluding tert-OH is 1.